The van der Waals surface area contributed by atoms with Crippen molar-refractivity contribution in [2.75, 3.05) is 26.4 Å². The number of benzene rings is 3. The van der Waals surface area contributed by atoms with E-state index in [9.17, 15) is 4.79 Å². The standard InChI is InChI=1S/C29H34O6/c1-5-31-24-14-12-23(13-15-24)29(3,4)21-34-28(22-10-8-7-9-11-22)35-26-18-16-25(17-19-26)33-20-27(30)32-6-2/h7-19,28H,5-6,20-21H2,1-4H3. The van der Waals surface area contributed by atoms with Crippen molar-refractivity contribution in [3.8, 4) is 17.2 Å². The van der Waals surface area contributed by atoms with Gasteiger partial charge in [0.15, 0.2) is 6.61 Å². The molecule has 0 saturated heterocycles. The molecular formula is C29H34O6. The minimum Gasteiger partial charge on any atom is -0.494 e. The fourth-order valence-corrected chi connectivity index (χ4v) is 3.43. The van der Waals surface area contributed by atoms with Crippen molar-refractivity contribution in [2.24, 2.45) is 0 Å². The maximum atomic E-state index is 11.5. The second kappa shape index (κ2) is 12.8. The van der Waals surface area contributed by atoms with Crippen LogP contribution in [0.2, 0.25) is 0 Å². The molecule has 1 atom stereocenters. The molecule has 186 valence electrons. The molecule has 0 amide bonds. The summed E-state index contributed by atoms with van der Waals surface area (Å²) < 4.78 is 28.4. The Labute approximate surface area is 207 Å². The Morgan fingerprint density at radius 3 is 2.00 bits per heavy atom. The van der Waals surface area contributed by atoms with Crippen molar-refractivity contribution >= 4 is 5.97 Å². The highest BCUT2D eigenvalue weighted by Gasteiger charge is 2.25. The summed E-state index contributed by atoms with van der Waals surface area (Å²) in [5.41, 5.74) is 1.82. The third kappa shape index (κ3) is 8.04. The lowest BCUT2D eigenvalue weighted by atomic mass is 9.85. The van der Waals surface area contributed by atoms with Crippen molar-refractivity contribution in [3.05, 3.63) is 90.0 Å². The molecule has 0 aliphatic rings. The molecule has 3 rings (SSSR count). The average Bonchev–Trinajstić information content (AvgIpc) is 2.87. The third-order valence-corrected chi connectivity index (χ3v) is 5.34. The Balaban J connectivity index is 1.66. The highest BCUT2D eigenvalue weighted by Crippen LogP contribution is 2.30. The van der Waals surface area contributed by atoms with Crippen LogP contribution >= 0.6 is 0 Å². The van der Waals surface area contributed by atoms with Crippen LogP contribution in [0.25, 0.3) is 0 Å². The van der Waals surface area contributed by atoms with Crippen LogP contribution in [0.5, 0.6) is 17.2 Å². The van der Waals surface area contributed by atoms with Gasteiger partial charge in [-0.2, -0.15) is 0 Å². The molecule has 0 aliphatic heterocycles. The smallest absolute Gasteiger partial charge is 0.344 e. The van der Waals surface area contributed by atoms with E-state index in [1.165, 1.54) is 0 Å². The molecule has 0 fully saturated rings. The van der Waals surface area contributed by atoms with Crippen molar-refractivity contribution in [3.63, 3.8) is 0 Å². The SMILES string of the molecule is CCOC(=O)COc1ccc(OC(OCC(C)(C)c2ccc(OCC)cc2)c2ccccc2)cc1. The molecule has 0 saturated carbocycles. The molecule has 6 heteroatoms. The zero-order chi connectivity index (χ0) is 25.1. The van der Waals surface area contributed by atoms with Crippen molar-refractivity contribution in [1.82, 2.24) is 0 Å². The Morgan fingerprint density at radius 1 is 0.771 bits per heavy atom. The highest BCUT2D eigenvalue weighted by molar-refractivity contribution is 5.71. The Bertz CT molecular complexity index is 1030. The van der Waals surface area contributed by atoms with E-state index in [0.29, 0.717) is 31.3 Å². The first kappa shape index (κ1) is 26.1. The number of carbonyl (C=O) groups is 1. The van der Waals surface area contributed by atoms with E-state index in [4.69, 9.17) is 23.7 Å². The van der Waals surface area contributed by atoms with Gasteiger partial charge in [0.2, 0.25) is 6.29 Å². The number of ether oxygens (including phenoxy) is 5. The number of hydrogen-bond donors (Lipinski definition) is 0. The predicted octanol–water partition coefficient (Wildman–Crippen LogP) is 6.10. The van der Waals surface area contributed by atoms with Gasteiger partial charge in [0, 0.05) is 11.0 Å². The molecule has 6 nitrogen and oxygen atoms in total. The molecule has 0 spiro atoms. The lowest BCUT2D eigenvalue weighted by molar-refractivity contribution is -0.145. The monoisotopic (exact) mass is 478 g/mol. The first-order chi connectivity index (χ1) is 16.9. The van der Waals surface area contributed by atoms with Gasteiger partial charge in [0.1, 0.15) is 17.2 Å². The molecule has 0 radical (unpaired) electrons. The summed E-state index contributed by atoms with van der Waals surface area (Å²) in [4.78, 5) is 11.5. The van der Waals surface area contributed by atoms with Gasteiger partial charge in [-0.05, 0) is 55.8 Å². The fourth-order valence-electron chi connectivity index (χ4n) is 3.43. The van der Waals surface area contributed by atoms with Crippen LogP contribution in [0.4, 0.5) is 0 Å². The van der Waals surface area contributed by atoms with E-state index in [1.54, 1.807) is 31.2 Å². The second-order valence-corrected chi connectivity index (χ2v) is 8.58. The van der Waals surface area contributed by atoms with Gasteiger partial charge < -0.3 is 23.7 Å². The van der Waals surface area contributed by atoms with Crippen LogP contribution in [0, 0.1) is 0 Å². The Morgan fingerprint density at radius 2 is 1.37 bits per heavy atom. The van der Waals surface area contributed by atoms with Gasteiger partial charge in [-0.25, -0.2) is 4.79 Å². The van der Waals surface area contributed by atoms with E-state index in [1.807, 2.05) is 49.4 Å². The molecule has 35 heavy (non-hydrogen) atoms. The molecule has 0 heterocycles. The van der Waals surface area contributed by atoms with Crippen LogP contribution < -0.4 is 14.2 Å². The summed E-state index contributed by atoms with van der Waals surface area (Å²) in [5, 5.41) is 0. The average molecular weight is 479 g/mol. The lowest BCUT2D eigenvalue weighted by Crippen LogP contribution is -2.27. The summed E-state index contributed by atoms with van der Waals surface area (Å²) in [5.74, 6) is 1.63. The maximum Gasteiger partial charge on any atom is 0.344 e. The first-order valence-electron chi connectivity index (χ1n) is 11.9. The van der Waals surface area contributed by atoms with Gasteiger partial charge >= 0.3 is 5.97 Å². The van der Waals surface area contributed by atoms with Crippen LogP contribution in [-0.2, 0) is 19.7 Å². The second-order valence-electron chi connectivity index (χ2n) is 8.58. The van der Waals surface area contributed by atoms with E-state index >= 15 is 0 Å². The van der Waals surface area contributed by atoms with Gasteiger partial charge in [-0.15, -0.1) is 0 Å². The molecule has 3 aromatic carbocycles. The van der Waals surface area contributed by atoms with Gasteiger partial charge in [0.05, 0.1) is 19.8 Å². The quantitative estimate of drug-likeness (QED) is 0.219. The number of esters is 1. The summed E-state index contributed by atoms with van der Waals surface area (Å²) in [7, 11) is 0. The number of carbonyl (C=O) groups excluding carboxylic acids is 1. The van der Waals surface area contributed by atoms with Gasteiger partial charge in [0.25, 0.3) is 0 Å². The largest absolute Gasteiger partial charge is 0.494 e. The van der Waals surface area contributed by atoms with E-state index in [2.05, 4.69) is 26.0 Å². The van der Waals surface area contributed by atoms with Gasteiger partial charge in [-0.1, -0.05) is 56.3 Å². The predicted molar refractivity (Wildman–Crippen MR) is 135 cm³/mol. The topological polar surface area (TPSA) is 63.2 Å². The molecule has 0 N–H and O–H groups in total. The van der Waals surface area contributed by atoms with Crippen LogP contribution in [-0.4, -0.2) is 32.4 Å². The Hall–Kier alpha value is -3.51. The first-order valence-corrected chi connectivity index (χ1v) is 11.9. The molecule has 0 bridgehead atoms. The van der Waals surface area contributed by atoms with Crippen molar-refractivity contribution in [2.45, 2.75) is 39.4 Å². The fraction of sp³-hybridized carbons (Fsp3) is 0.345. The summed E-state index contributed by atoms with van der Waals surface area (Å²) in [6, 6.07) is 25.0. The van der Waals surface area contributed by atoms with Crippen LogP contribution in [0.3, 0.4) is 0 Å². The highest BCUT2D eigenvalue weighted by atomic mass is 16.7. The lowest BCUT2D eigenvalue weighted by Gasteiger charge is -2.29. The minimum atomic E-state index is -0.593. The molecule has 3 aromatic rings. The Kier molecular flexibility index (Phi) is 9.56. The molecule has 1 unspecified atom stereocenters. The zero-order valence-electron chi connectivity index (χ0n) is 20.9. The van der Waals surface area contributed by atoms with E-state index in [0.717, 1.165) is 16.9 Å². The summed E-state index contributed by atoms with van der Waals surface area (Å²) in [6.07, 6.45) is -0.593. The summed E-state index contributed by atoms with van der Waals surface area (Å²) >= 11 is 0. The van der Waals surface area contributed by atoms with Gasteiger partial charge in [-0.3, -0.25) is 0 Å². The maximum absolute atomic E-state index is 11.5. The molecular weight excluding hydrogens is 444 g/mol. The van der Waals surface area contributed by atoms with E-state index < -0.39 is 12.3 Å². The van der Waals surface area contributed by atoms with E-state index in [-0.39, 0.29) is 12.0 Å². The zero-order valence-corrected chi connectivity index (χ0v) is 20.9. The van der Waals surface area contributed by atoms with Crippen molar-refractivity contribution < 1.29 is 28.5 Å². The van der Waals surface area contributed by atoms with Crippen molar-refractivity contribution in [1.29, 1.82) is 0 Å². The number of rotatable bonds is 13. The molecule has 0 aliphatic carbocycles. The van der Waals surface area contributed by atoms with Crippen LogP contribution in [0.15, 0.2) is 78.9 Å². The molecule has 0 aromatic heterocycles. The number of hydrogen-bond acceptors (Lipinski definition) is 6. The minimum absolute atomic E-state index is 0.134. The normalized spacial score (nSPS) is 12.0. The third-order valence-electron chi connectivity index (χ3n) is 5.34. The van der Waals surface area contributed by atoms with Crippen LogP contribution in [0.1, 0.15) is 45.1 Å². The summed E-state index contributed by atoms with van der Waals surface area (Å²) in [6.45, 7) is 9.28.